The molecule has 1 aromatic carbocycles. The number of nitrogens with zero attached hydrogens (tertiary/aromatic N) is 2. The Labute approximate surface area is 188 Å². The number of carboxylic acids is 1. The summed E-state index contributed by atoms with van der Waals surface area (Å²) in [6, 6.07) is -1.58. The van der Waals surface area contributed by atoms with Crippen molar-refractivity contribution in [3.05, 3.63) is 29.3 Å². The number of aliphatic carboxylic acids is 1. The van der Waals surface area contributed by atoms with E-state index >= 15 is 0 Å². The normalized spacial score (nSPS) is 17.1. The van der Waals surface area contributed by atoms with E-state index in [4.69, 9.17) is 5.11 Å². The van der Waals surface area contributed by atoms with Crippen molar-refractivity contribution in [1.82, 2.24) is 15.5 Å². The van der Waals surface area contributed by atoms with Gasteiger partial charge in [0, 0.05) is 26.2 Å². The number of benzene rings is 1. The Bertz CT molecular complexity index is 932. The first-order chi connectivity index (χ1) is 15.5. The van der Waals surface area contributed by atoms with Crippen LogP contribution in [0.3, 0.4) is 0 Å². The lowest BCUT2D eigenvalue weighted by Crippen LogP contribution is -2.54. The van der Waals surface area contributed by atoms with Gasteiger partial charge in [-0.1, -0.05) is 0 Å². The molecule has 1 aromatic rings. The summed E-state index contributed by atoms with van der Waals surface area (Å²) in [6.07, 6.45) is 0.481. The zero-order valence-corrected chi connectivity index (χ0v) is 18.4. The summed E-state index contributed by atoms with van der Waals surface area (Å²) in [7, 11) is 2.90. The van der Waals surface area contributed by atoms with Crippen LogP contribution in [0.25, 0.3) is 0 Å². The van der Waals surface area contributed by atoms with Crippen LogP contribution in [-0.2, 0) is 19.2 Å². The molecule has 0 saturated carbocycles. The molecule has 2 rings (SSSR count). The number of halogens is 2. The van der Waals surface area contributed by atoms with E-state index in [0.717, 1.165) is 12.1 Å². The lowest BCUT2D eigenvalue weighted by atomic mass is 10.1. The first kappa shape index (κ1) is 25.7. The molecule has 3 amide bonds. The molecular formula is C21H26F2N4O6. The molecule has 1 unspecified atom stereocenters. The molecule has 1 heterocycles. The van der Waals surface area contributed by atoms with Crippen molar-refractivity contribution in [2.75, 3.05) is 25.5 Å². The Kier molecular flexibility index (Phi) is 8.44. The number of aldehydes is 1. The summed E-state index contributed by atoms with van der Waals surface area (Å²) < 4.78 is 28.3. The fourth-order valence-electron chi connectivity index (χ4n) is 3.62. The van der Waals surface area contributed by atoms with Gasteiger partial charge >= 0.3 is 5.97 Å². The molecule has 1 fully saturated rings. The van der Waals surface area contributed by atoms with Gasteiger partial charge in [0.2, 0.25) is 11.8 Å². The third kappa shape index (κ3) is 6.24. The number of hydrogen-bond donors (Lipinski definition) is 3. The second-order valence-electron chi connectivity index (χ2n) is 7.92. The number of hydrogen-bond acceptors (Lipinski definition) is 6. The summed E-state index contributed by atoms with van der Waals surface area (Å²) in [5, 5.41) is 13.5. The predicted octanol–water partition coefficient (Wildman–Crippen LogP) is 0.299. The van der Waals surface area contributed by atoms with Crippen LogP contribution >= 0.6 is 0 Å². The molecule has 10 nitrogen and oxygen atoms in total. The molecule has 1 aliphatic rings. The maximum Gasteiger partial charge on any atom is 0.305 e. The second kappa shape index (κ2) is 10.8. The molecule has 12 heteroatoms. The summed E-state index contributed by atoms with van der Waals surface area (Å²) in [6.45, 7) is 1.58. The van der Waals surface area contributed by atoms with Crippen molar-refractivity contribution in [2.45, 2.75) is 44.3 Å². The number of carboxylic acid groups (broad SMARTS) is 1. The molecule has 180 valence electrons. The quantitative estimate of drug-likeness (QED) is 0.444. The average Bonchev–Trinajstić information content (AvgIpc) is 3.21. The van der Waals surface area contributed by atoms with Crippen molar-refractivity contribution < 1.29 is 37.9 Å². The Balaban J connectivity index is 2.07. The van der Waals surface area contributed by atoms with Gasteiger partial charge in [-0.05, 0) is 31.9 Å². The van der Waals surface area contributed by atoms with E-state index in [9.17, 15) is 32.8 Å². The largest absolute Gasteiger partial charge is 0.481 e. The monoisotopic (exact) mass is 468 g/mol. The highest BCUT2D eigenvalue weighted by molar-refractivity contribution is 5.99. The molecule has 3 N–H and O–H groups in total. The number of carbonyl (C=O) groups excluding carboxylic acids is 4. The Morgan fingerprint density at radius 2 is 1.82 bits per heavy atom. The number of amides is 3. The minimum atomic E-state index is -1.27. The van der Waals surface area contributed by atoms with Gasteiger partial charge in [-0.2, -0.15) is 0 Å². The number of likely N-dealkylation sites (tertiary alicyclic amines) is 1. The van der Waals surface area contributed by atoms with Crippen LogP contribution in [0.1, 0.15) is 36.5 Å². The van der Waals surface area contributed by atoms with E-state index in [0.29, 0.717) is 19.1 Å². The van der Waals surface area contributed by atoms with Crippen molar-refractivity contribution in [3.63, 3.8) is 0 Å². The maximum absolute atomic E-state index is 14.2. The number of rotatable bonds is 9. The highest BCUT2D eigenvalue weighted by Gasteiger charge is 2.37. The lowest BCUT2D eigenvalue weighted by molar-refractivity contribution is -0.141. The summed E-state index contributed by atoms with van der Waals surface area (Å²) in [5.41, 5.74) is -0.619. The first-order valence-corrected chi connectivity index (χ1v) is 10.2. The van der Waals surface area contributed by atoms with Crippen LogP contribution in [0.5, 0.6) is 0 Å². The van der Waals surface area contributed by atoms with Crippen LogP contribution in [0, 0.1) is 11.6 Å². The smallest absolute Gasteiger partial charge is 0.305 e. The minimum Gasteiger partial charge on any atom is -0.481 e. The van der Waals surface area contributed by atoms with E-state index in [1.165, 1.54) is 30.8 Å². The minimum absolute atomic E-state index is 0.211. The lowest BCUT2D eigenvalue weighted by Gasteiger charge is -2.28. The fraction of sp³-hybridized carbons (Fsp3) is 0.476. The summed E-state index contributed by atoms with van der Waals surface area (Å²) in [5.74, 6) is -5.30. The van der Waals surface area contributed by atoms with Crippen molar-refractivity contribution in [1.29, 1.82) is 0 Å². The zero-order valence-electron chi connectivity index (χ0n) is 18.4. The van der Waals surface area contributed by atoms with Gasteiger partial charge < -0.3 is 30.3 Å². The SMILES string of the molecule is C[C@H](NC(=O)c1cc(F)c(N(C)C)c(F)c1)C(=O)N1CCC[C@H]1C(=O)NC(C=O)CC(=O)O. The molecule has 3 atom stereocenters. The van der Waals surface area contributed by atoms with Gasteiger partial charge in [-0.25, -0.2) is 8.78 Å². The van der Waals surface area contributed by atoms with Crippen LogP contribution in [0.15, 0.2) is 12.1 Å². The highest BCUT2D eigenvalue weighted by atomic mass is 19.1. The van der Waals surface area contributed by atoms with E-state index < -0.39 is 59.9 Å². The average molecular weight is 468 g/mol. The second-order valence-corrected chi connectivity index (χ2v) is 7.92. The zero-order chi connectivity index (χ0) is 24.9. The molecule has 0 bridgehead atoms. The standard InChI is InChI=1S/C21H26F2N4O6/c1-11(24-19(31)12-7-14(22)18(26(2)3)15(23)8-12)21(33)27-6-4-5-16(27)20(32)25-13(10-28)9-17(29)30/h7-8,10-11,13,16H,4-6,9H2,1-3H3,(H,24,31)(H,25,32)(H,29,30)/t11-,13?,16-/m0/s1. The summed E-state index contributed by atoms with van der Waals surface area (Å²) in [4.78, 5) is 62.1. The topological polar surface area (TPSA) is 136 Å². The van der Waals surface area contributed by atoms with E-state index in [1.54, 1.807) is 0 Å². The van der Waals surface area contributed by atoms with Gasteiger partial charge in [0.15, 0.2) is 0 Å². The molecule has 0 aliphatic carbocycles. The fourth-order valence-corrected chi connectivity index (χ4v) is 3.62. The van der Waals surface area contributed by atoms with E-state index in [-0.39, 0.29) is 17.8 Å². The first-order valence-electron chi connectivity index (χ1n) is 10.2. The number of anilines is 1. The van der Waals surface area contributed by atoms with Gasteiger partial charge in [0.05, 0.1) is 12.5 Å². The molecular weight excluding hydrogens is 442 g/mol. The van der Waals surface area contributed by atoms with Gasteiger partial charge in [-0.15, -0.1) is 0 Å². The Hall–Kier alpha value is -3.57. The van der Waals surface area contributed by atoms with Crippen molar-refractivity contribution in [2.24, 2.45) is 0 Å². The molecule has 1 saturated heterocycles. The number of nitrogens with one attached hydrogen (secondary N) is 2. The van der Waals surface area contributed by atoms with E-state index in [2.05, 4.69) is 10.6 Å². The molecule has 0 aromatic heterocycles. The van der Waals surface area contributed by atoms with Crippen molar-refractivity contribution >= 4 is 35.7 Å². The van der Waals surface area contributed by atoms with Gasteiger partial charge in [-0.3, -0.25) is 19.2 Å². The maximum atomic E-state index is 14.2. The van der Waals surface area contributed by atoms with Crippen LogP contribution in [0.4, 0.5) is 14.5 Å². The highest BCUT2D eigenvalue weighted by Crippen LogP contribution is 2.23. The summed E-state index contributed by atoms with van der Waals surface area (Å²) >= 11 is 0. The van der Waals surface area contributed by atoms with Crippen molar-refractivity contribution in [3.8, 4) is 0 Å². The number of carbonyl (C=O) groups is 5. The molecule has 1 aliphatic heterocycles. The Morgan fingerprint density at radius 1 is 1.21 bits per heavy atom. The van der Waals surface area contributed by atoms with Gasteiger partial charge in [0.1, 0.15) is 35.7 Å². The predicted molar refractivity (Wildman–Crippen MR) is 113 cm³/mol. The van der Waals surface area contributed by atoms with Crippen LogP contribution in [-0.4, -0.2) is 78.7 Å². The van der Waals surface area contributed by atoms with E-state index in [1.807, 2.05) is 0 Å². The van der Waals surface area contributed by atoms with Crippen LogP contribution < -0.4 is 15.5 Å². The third-order valence-electron chi connectivity index (χ3n) is 5.17. The third-order valence-corrected chi connectivity index (χ3v) is 5.17. The van der Waals surface area contributed by atoms with Crippen LogP contribution in [0.2, 0.25) is 0 Å². The van der Waals surface area contributed by atoms with Gasteiger partial charge in [0.25, 0.3) is 5.91 Å². The Morgan fingerprint density at radius 3 is 2.33 bits per heavy atom. The molecule has 33 heavy (non-hydrogen) atoms. The molecule has 0 radical (unpaired) electrons. The molecule has 0 spiro atoms.